The van der Waals surface area contributed by atoms with Gasteiger partial charge in [0.1, 0.15) is 0 Å². The fourth-order valence-electron chi connectivity index (χ4n) is 0.240. The molecule has 0 amide bonds. The Kier molecular flexibility index (Phi) is 19.4. The minimum atomic E-state index is -4.55. The fraction of sp³-hybridized carbons (Fsp3) is 1.00. The first-order chi connectivity index (χ1) is 3.71. The molecule has 0 aliphatic heterocycles. The quantitative estimate of drug-likeness (QED) is 0.313. The molecule has 0 saturated heterocycles. The Bertz CT molecular complexity index is 161. The molecule has 12 heavy (non-hydrogen) atoms. The van der Waals surface area contributed by atoms with E-state index in [9.17, 15) is 9.13 Å². The Labute approximate surface area is 136 Å². The summed E-state index contributed by atoms with van der Waals surface area (Å²) < 4.78 is 19.7. The number of rotatable bonds is 2. The zero-order valence-corrected chi connectivity index (χ0v) is 6.00. The third-order valence-electron chi connectivity index (χ3n) is 0.368. The summed E-state index contributed by atoms with van der Waals surface area (Å²) in [5.41, 5.74) is 0. The van der Waals surface area contributed by atoms with Gasteiger partial charge in [-0.2, -0.15) is 0 Å². The van der Waals surface area contributed by atoms with Crippen LogP contribution in [0, 0.1) is 0 Å². The van der Waals surface area contributed by atoms with Gasteiger partial charge in [-0.05, 0) is 0 Å². The molecule has 0 fully saturated rings. The van der Waals surface area contributed by atoms with Crippen LogP contribution in [0.5, 0.6) is 0 Å². The first kappa shape index (κ1) is 24.5. The van der Waals surface area contributed by atoms with E-state index in [0.717, 1.165) is 0 Å². The van der Waals surface area contributed by atoms with Crippen molar-refractivity contribution in [2.75, 3.05) is 5.90 Å². The summed E-state index contributed by atoms with van der Waals surface area (Å²) in [6.45, 7) is 0. The van der Waals surface area contributed by atoms with Crippen LogP contribution >= 0.6 is 15.2 Å². The Hall–Kier alpha value is 3.30. The van der Waals surface area contributed by atoms with Crippen LogP contribution < -0.4 is 0 Å². The first-order valence-electron chi connectivity index (χ1n) is 1.80. The molecule has 0 aliphatic rings. The van der Waals surface area contributed by atoms with Crippen molar-refractivity contribution in [3.05, 3.63) is 0 Å². The zero-order valence-electron chi connectivity index (χ0n) is 4.21. The maximum atomic E-state index is 9.85. The van der Waals surface area contributed by atoms with Gasteiger partial charge in [0.2, 0.25) is 0 Å². The molecule has 0 atom stereocenters. The predicted molar refractivity (Wildman–Crippen MR) is 50.4 cm³/mol. The van der Waals surface area contributed by atoms with Crippen molar-refractivity contribution in [1.82, 2.24) is 0 Å². The standard InChI is InChI=1S/CH6O6P2.3Na.3H/c2-8(3,4)1-9(5,6)7;;;;;;/h1H2,(H2,2,3,4)(H2,5,6,7);;;;;;. The van der Waals surface area contributed by atoms with Crippen molar-refractivity contribution < 1.29 is 28.7 Å². The second kappa shape index (κ2) is 9.52. The molecule has 0 spiro atoms. The summed E-state index contributed by atoms with van der Waals surface area (Å²) in [4.78, 5) is 31.9. The van der Waals surface area contributed by atoms with E-state index in [1.807, 2.05) is 0 Å². The maximum absolute atomic E-state index is 9.85. The first-order valence-corrected chi connectivity index (χ1v) is 5.39. The molecular formula is CH9Na3O6P2. The second-order valence-electron chi connectivity index (χ2n) is 1.47. The van der Waals surface area contributed by atoms with Gasteiger partial charge >= 0.3 is 104 Å². The van der Waals surface area contributed by atoms with Gasteiger partial charge in [-0.1, -0.05) is 0 Å². The summed E-state index contributed by atoms with van der Waals surface area (Å²) >= 11 is 0. The zero-order chi connectivity index (χ0) is 7.71. The molecule has 0 unspecified atom stereocenters. The molecule has 0 aromatic rings. The molecule has 0 bridgehead atoms. The van der Waals surface area contributed by atoms with Crippen LogP contribution in [0.2, 0.25) is 0 Å². The van der Waals surface area contributed by atoms with Crippen molar-refractivity contribution in [2.45, 2.75) is 0 Å². The van der Waals surface area contributed by atoms with Crippen LogP contribution in [-0.4, -0.2) is 114 Å². The third kappa shape index (κ3) is 23.3. The predicted octanol–water partition coefficient (Wildman–Crippen LogP) is -2.65. The SMILES string of the molecule is O=P(O)(O)CP(=O)(O)O.[NaH].[NaH].[NaH]. The number of hydrogen-bond donors (Lipinski definition) is 4. The molecule has 62 valence electrons. The van der Waals surface area contributed by atoms with Gasteiger partial charge in [-0.25, -0.2) is 0 Å². The molecule has 0 aromatic heterocycles. The molecule has 4 N–H and O–H groups in total. The Morgan fingerprint density at radius 3 is 0.917 bits per heavy atom. The molecule has 0 aromatic carbocycles. The van der Waals surface area contributed by atoms with E-state index < -0.39 is 21.1 Å². The van der Waals surface area contributed by atoms with Gasteiger partial charge in [-0.3, -0.25) is 9.13 Å². The summed E-state index contributed by atoms with van der Waals surface area (Å²) in [5.74, 6) is -1.38. The van der Waals surface area contributed by atoms with Crippen LogP contribution in [-0.2, 0) is 9.13 Å². The topological polar surface area (TPSA) is 115 Å². The van der Waals surface area contributed by atoms with Crippen molar-refractivity contribution in [2.24, 2.45) is 0 Å². The molecule has 0 aliphatic carbocycles. The van der Waals surface area contributed by atoms with Crippen molar-refractivity contribution in [3.8, 4) is 0 Å². The second-order valence-corrected chi connectivity index (χ2v) is 5.26. The van der Waals surface area contributed by atoms with Crippen LogP contribution in [0.25, 0.3) is 0 Å². The Morgan fingerprint density at radius 2 is 0.917 bits per heavy atom. The molecule has 0 saturated carbocycles. The molecule has 6 nitrogen and oxygen atoms in total. The summed E-state index contributed by atoms with van der Waals surface area (Å²) in [5, 5.41) is 0. The van der Waals surface area contributed by atoms with E-state index in [-0.39, 0.29) is 88.7 Å². The number of hydrogen-bond acceptors (Lipinski definition) is 2. The van der Waals surface area contributed by atoms with Gasteiger partial charge in [0.05, 0.1) is 0 Å². The molecule has 11 heteroatoms. The van der Waals surface area contributed by atoms with Gasteiger partial charge in [-0.15, -0.1) is 0 Å². The average molecular weight is 248 g/mol. The average Bonchev–Trinajstić information content (AvgIpc) is 1.14. The summed E-state index contributed by atoms with van der Waals surface area (Å²) in [7, 11) is -9.10. The van der Waals surface area contributed by atoms with Gasteiger partial charge in [0.25, 0.3) is 0 Å². The summed E-state index contributed by atoms with van der Waals surface area (Å²) in [6.07, 6.45) is 0. The third-order valence-corrected chi connectivity index (χ3v) is 3.32. The molecular weight excluding hydrogens is 239 g/mol. The van der Waals surface area contributed by atoms with Crippen LogP contribution in [0.1, 0.15) is 0 Å². The molecule has 0 radical (unpaired) electrons. The summed E-state index contributed by atoms with van der Waals surface area (Å²) in [6, 6.07) is 0. The van der Waals surface area contributed by atoms with Crippen LogP contribution in [0.15, 0.2) is 0 Å². The molecule has 0 rings (SSSR count). The molecule has 0 heterocycles. The van der Waals surface area contributed by atoms with E-state index in [4.69, 9.17) is 19.6 Å². The fourth-order valence-corrected chi connectivity index (χ4v) is 2.16. The van der Waals surface area contributed by atoms with Gasteiger partial charge in [0.15, 0.2) is 5.90 Å². The van der Waals surface area contributed by atoms with E-state index in [1.165, 1.54) is 0 Å². The van der Waals surface area contributed by atoms with Crippen molar-refractivity contribution in [3.63, 3.8) is 0 Å². The van der Waals surface area contributed by atoms with E-state index in [1.54, 1.807) is 0 Å². The monoisotopic (exact) mass is 248 g/mol. The van der Waals surface area contributed by atoms with Crippen molar-refractivity contribution >= 4 is 104 Å². The van der Waals surface area contributed by atoms with Crippen LogP contribution in [0.3, 0.4) is 0 Å². The van der Waals surface area contributed by atoms with Crippen LogP contribution in [0.4, 0.5) is 0 Å². The minimum absolute atomic E-state index is 0. The Balaban J connectivity index is -0.000000107. The van der Waals surface area contributed by atoms with E-state index >= 15 is 0 Å². The van der Waals surface area contributed by atoms with Gasteiger partial charge < -0.3 is 19.6 Å². The van der Waals surface area contributed by atoms with E-state index in [0.29, 0.717) is 0 Å². The van der Waals surface area contributed by atoms with Crippen molar-refractivity contribution in [1.29, 1.82) is 0 Å². The van der Waals surface area contributed by atoms with E-state index in [2.05, 4.69) is 0 Å². The van der Waals surface area contributed by atoms with Gasteiger partial charge in [0, 0.05) is 0 Å². The normalized spacial score (nSPS) is 10.3. The Morgan fingerprint density at radius 1 is 0.750 bits per heavy atom.